The van der Waals surface area contributed by atoms with Crippen LogP contribution in [0.25, 0.3) is 0 Å². The lowest BCUT2D eigenvalue weighted by Gasteiger charge is -2.32. The van der Waals surface area contributed by atoms with E-state index >= 15 is 0 Å². The average Bonchev–Trinajstić information content (AvgIpc) is 1.25. The first-order chi connectivity index (χ1) is 3.25. The first kappa shape index (κ1) is 9.15. The Bertz CT molecular complexity index is 69.0. The summed E-state index contributed by atoms with van der Waals surface area (Å²) in [6.07, 6.45) is 4.10. The van der Waals surface area contributed by atoms with E-state index in [4.69, 9.17) is 21.8 Å². The lowest BCUT2D eigenvalue weighted by Crippen LogP contribution is -2.21. The van der Waals surface area contributed by atoms with Crippen LogP contribution in [0.15, 0.2) is 0 Å². The van der Waals surface area contributed by atoms with Crippen molar-refractivity contribution in [1.82, 2.24) is 0 Å². The largest absolute Gasteiger partial charge is 0.205 e. The SMILES string of the molecule is C[Si](C)(Cl)S(C)(C)Cl. The highest BCUT2D eigenvalue weighted by Gasteiger charge is 2.31. The summed E-state index contributed by atoms with van der Waals surface area (Å²) in [4.78, 5) is 0. The van der Waals surface area contributed by atoms with Gasteiger partial charge in [-0.15, -0.1) is 0 Å². The molecule has 0 aromatic carbocycles. The molecule has 0 saturated carbocycles. The van der Waals surface area contributed by atoms with Gasteiger partial charge in [-0.1, -0.05) is 10.7 Å². The van der Waals surface area contributed by atoms with Crippen molar-refractivity contribution in [1.29, 1.82) is 0 Å². The Labute approximate surface area is 62.7 Å². The summed E-state index contributed by atoms with van der Waals surface area (Å²) >= 11 is 6.05. The van der Waals surface area contributed by atoms with E-state index in [9.17, 15) is 0 Å². The molecular formula is C4H12Cl2SSi. The Morgan fingerprint density at radius 3 is 1.38 bits per heavy atom. The number of hydrogen-bond acceptors (Lipinski definition) is 0. The van der Waals surface area contributed by atoms with E-state index in [0.717, 1.165) is 0 Å². The van der Waals surface area contributed by atoms with Crippen LogP contribution in [-0.4, -0.2) is 19.0 Å². The molecule has 52 valence electrons. The van der Waals surface area contributed by atoms with E-state index in [1.807, 2.05) is 12.5 Å². The molecule has 0 unspecified atom stereocenters. The van der Waals surface area contributed by atoms with Crippen LogP contribution in [0.2, 0.25) is 13.1 Å². The van der Waals surface area contributed by atoms with Crippen LogP contribution in [0.4, 0.5) is 0 Å². The Kier molecular flexibility index (Phi) is 2.75. The van der Waals surface area contributed by atoms with Gasteiger partial charge in [0.15, 0.2) is 0 Å². The summed E-state index contributed by atoms with van der Waals surface area (Å²) in [5.74, 6) is 0. The van der Waals surface area contributed by atoms with Crippen LogP contribution in [0, 0.1) is 0 Å². The van der Waals surface area contributed by atoms with Gasteiger partial charge in [-0.25, -0.2) is 0 Å². The number of halogens is 2. The zero-order valence-corrected chi connectivity index (χ0v) is 8.99. The summed E-state index contributed by atoms with van der Waals surface area (Å²) in [6.45, 7) is 2.62. The molecule has 0 rings (SSSR count). The Hall–Kier alpha value is 1.15. The predicted molar refractivity (Wildman–Crippen MR) is 48.6 cm³/mol. The van der Waals surface area contributed by atoms with Crippen LogP contribution in [0.5, 0.6) is 0 Å². The molecule has 8 heavy (non-hydrogen) atoms. The predicted octanol–water partition coefficient (Wildman–Crippen LogP) is 3.15. The summed E-state index contributed by atoms with van der Waals surface area (Å²) in [5.41, 5.74) is 0. The minimum Gasteiger partial charge on any atom is -0.167 e. The Balaban J connectivity index is 4.02. The van der Waals surface area contributed by atoms with Gasteiger partial charge >= 0.3 is 0 Å². The van der Waals surface area contributed by atoms with Gasteiger partial charge in [0.25, 0.3) is 0 Å². The molecular weight excluding hydrogens is 179 g/mol. The molecule has 0 amide bonds. The monoisotopic (exact) mass is 190 g/mol. The Morgan fingerprint density at radius 2 is 1.38 bits per heavy atom. The van der Waals surface area contributed by atoms with Gasteiger partial charge in [0.05, 0.1) is 0 Å². The standard InChI is InChI=1S/C4H12Cl2SSi/c1-7(2,5)8(3,4)6/h1-4H3. The summed E-state index contributed by atoms with van der Waals surface area (Å²) in [5, 5.41) is 0. The molecule has 0 saturated heterocycles. The molecule has 0 bridgehead atoms. The van der Waals surface area contributed by atoms with Crippen LogP contribution in [0.1, 0.15) is 0 Å². The second kappa shape index (κ2) is 2.41. The second-order valence-corrected chi connectivity index (χ2v) is 20.4. The third kappa shape index (κ3) is 2.62. The minimum absolute atomic E-state index is 0.964. The lowest BCUT2D eigenvalue weighted by atomic mass is 11.9. The average molecular weight is 191 g/mol. The molecule has 0 aliphatic rings. The number of hydrogen-bond donors (Lipinski definition) is 0. The normalized spacial score (nSPS) is 16.2. The van der Waals surface area contributed by atoms with Gasteiger partial charge in [-0.2, -0.15) is 19.8 Å². The summed E-state index contributed by atoms with van der Waals surface area (Å²) in [7, 11) is 5.06. The fourth-order valence-corrected chi connectivity index (χ4v) is 0. The third-order valence-electron chi connectivity index (χ3n) is 1.15. The van der Waals surface area contributed by atoms with Crippen LogP contribution in [-0.2, 0) is 0 Å². The van der Waals surface area contributed by atoms with Crippen molar-refractivity contribution in [3.63, 3.8) is 0 Å². The molecule has 0 N–H and O–H groups in total. The number of rotatable bonds is 1. The maximum absolute atomic E-state index is 6.05. The summed E-state index contributed by atoms with van der Waals surface area (Å²) in [6, 6.07) is 0. The first-order valence-corrected chi connectivity index (χ1v) is 10.4. The van der Waals surface area contributed by atoms with Crippen LogP contribution < -0.4 is 0 Å². The molecule has 0 aliphatic heterocycles. The van der Waals surface area contributed by atoms with E-state index < -0.39 is 15.2 Å². The molecule has 0 radical (unpaired) electrons. The van der Waals surface area contributed by atoms with Crippen molar-refractivity contribution in [2.24, 2.45) is 0 Å². The summed E-state index contributed by atoms with van der Waals surface area (Å²) < 4.78 is 0. The van der Waals surface area contributed by atoms with Crippen molar-refractivity contribution in [3.05, 3.63) is 0 Å². The molecule has 4 heteroatoms. The highest BCUT2D eigenvalue weighted by molar-refractivity contribution is 8.72. The quantitative estimate of drug-likeness (QED) is 0.441. The van der Waals surface area contributed by atoms with Gasteiger partial charge in [0.2, 0.25) is 6.53 Å². The first-order valence-electron chi connectivity index (χ1n) is 2.36. The van der Waals surface area contributed by atoms with Gasteiger partial charge in [0.1, 0.15) is 0 Å². The van der Waals surface area contributed by atoms with E-state index in [1.165, 1.54) is 0 Å². The maximum atomic E-state index is 6.05. The van der Waals surface area contributed by atoms with Crippen molar-refractivity contribution in [3.8, 4) is 0 Å². The van der Waals surface area contributed by atoms with Crippen molar-refractivity contribution in [2.75, 3.05) is 12.5 Å². The third-order valence-corrected chi connectivity index (χ3v) is 18.0. The molecule has 0 atom stereocenters. The van der Waals surface area contributed by atoms with Gasteiger partial charge in [0, 0.05) is 0 Å². The Morgan fingerprint density at radius 1 is 1.25 bits per heavy atom. The van der Waals surface area contributed by atoms with E-state index in [2.05, 4.69) is 13.1 Å². The second-order valence-electron chi connectivity index (χ2n) is 2.57. The minimum atomic E-state index is -1.54. The van der Waals surface area contributed by atoms with Crippen LogP contribution in [0.3, 0.4) is 0 Å². The zero-order valence-electron chi connectivity index (χ0n) is 5.66. The van der Waals surface area contributed by atoms with Gasteiger partial charge in [-0.05, 0) is 25.6 Å². The van der Waals surface area contributed by atoms with Crippen molar-refractivity contribution >= 4 is 37.0 Å². The highest BCUT2D eigenvalue weighted by Crippen LogP contribution is 2.56. The molecule has 0 heterocycles. The van der Waals surface area contributed by atoms with Crippen molar-refractivity contribution < 1.29 is 0 Å². The van der Waals surface area contributed by atoms with Crippen molar-refractivity contribution in [2.45, 2.75) is 13.1 Å². The highest BCUT2D eigenvalue weighted by atomic mass is 35.8. The lowest BCUT2D eigenvalue weighted by molar-refractivity contribution is 2.04. The zero-order chi connectivity index (χ0) is 7.00. The van der Waals surface area contributed by atoms with E-state index in [0.29, 0.717) is 0 Å². The topological polar surface area (TPSA) is 0 Å². The molecule has 0 aromatic heterocycles. The fourth-order valence-electron chi connectivity index (χ4n) is 0. The molecule has 0 aromatic rings. The molecule has 0 spiro atoms. The molecule has 0 fully saturated rings. The fraction of sp³-hybridized carbons (Fsp3) is 1.00. The van der Waals surface area contributed by atoms with E-state index in [-0.39, 0.29) is 0 Å². The molecule has 0 nitrogen and oxygen atoms in total. The van der Waals surface area contributed by atoms with Gasteiger partial charge < -0.3 is 0 Å². The van der Waals surface area contributed by atoms with Crippen LogP contribution >= 0.6 is 30.5 Å². The van der Waals surface area contributed by atoms with E-state index in [1.54, 1.807) is 0 Å². The smallest absolute Gasteiger partial charge is 0.167 e. The molecule has 0 aliphatic carbocycles. The van der Waals surface area contributed by atoms with Gasteiger partial charge in [-0.3, -0.25) is 0 Å². The maximum Gasteiger partial charge on any atom is 0.205 e.